The molecule has 0 aliphatic carbocycles. The SMILES string of the molecule is Cc1nc(CCCNC(=O)[C@H](C)n2ccnc2C(C)C)sc1C. The zero-order valence-corrected chi connectivity index (χ0v) is 15.4. The molecular weight excluding hydrogens is 308 g/mol. The largest absolute Gasteiger partial charge is 0.354 e. The second kappa shape index (κ2) is 7.73. The monoisotopic (exact) mass is 334 g/mol. The minimum atomic E-state index is -0.237. The Hall–Kier alpha value is -1.69. The number of nitrogens with one attached hydrogen (secondary N) is 1. The lowest BCUT2D eigenvalue weighted by Crippen LogP contribution is -2.32. The molecule has 0 spiro atoms. The average molecular weight is 334 g/mol. The zero-order valence-electron chi connectivity index (χ0n) is 14.6. The van der Waals surface area contributed by atoms with Crippen LogP contribution in [0.1, 0.15) is 60.6 Å². The van der Waals surface area contributed by atoms with E-state index in [4.69, 9.17) is 0 Å². The number of carbonyl (C=O) groups excluding carboxylic acids is 1. The van der Waals surface area contributed by atoms with E-state index in [1.807, 2.05) is 24.6 Å². The van der Waals surface area contributed by atoms with Crippen LogP contribution in [0.3, 0.4) is 0 Å². The second-order valence-electron chi connectivity index (χ2n) is 6.17. The minimum Gasteiger partial charge on any atom is -0.354 e. The van der Waals surface area contributed by atoms with Gasteiger partial charge in [-0.15, -0.1) is 11.3 Å². The molecular formula is C17H26N4OS. The molecule has 1 N–H and O–H groups in total. The number of hydrogen-bond acceptors (Lipinski definition) is 4. The number of imidazole rings is 1. The number of nitrogens with zero attached hydrogens (tertiary/aromatic N) is 3. The van der Waals surface area contributed by atoms with Crippen molar-refractivity contribution in [1.82, 2.24) is 19.9 Å². The van der Waals surface area contributed by atoms with Gasteiger partial charge in [-0.05, 0) is 27.2 Å². The molecule has 0 radical (unpaired) electrons. The third kappa shape index (κ3) is 4.41. The van der Waals surface area contributed by atoms with Crippen molar-refractivity contribution >= 4 is 17.2 Å². The summed E-state index contributed by atoms with van der Waals surface area (Å²) in [7, 11) is 0. The van der Waals surface area contributed by atoms with E-state index in [0.717, 1.165) is 29.4 Å². The van der Waals surface area contributed by atoms with E-state index in [-0.39, 0.29) is 11.9 Å². The fourth-order valence-corrected chi connectivity index (χ4v) is 3.45. The molecule has 2 rings (SSSR count). The molecule has 6 heteroatoms. The van der Waals surface area contributed by atoms with Crippen LogP contribution < -0.4 is 5.32 Å². The summed E-state index contributed by atoms with van der Waals surface area (Å²) >= 11 is 1.75. The Balaban J connectivity index is 1.81. The van der Waals surface area contributed by atoms with Gasteiger partial charge in [-0.3, -0.25) is 4.79 Å². The van der Waals surface area contributed by atoms with Gasteiger partial charge in [-0.1, -0.05) is 13.8 Å². The van der Waals surface area contributed by atoms with Gasteiger partial charge in [0, 0.05) is 36.2 Å². The fourth-order valence-electron chi connectivity index (χ4n) is 2.47. The minimum absolute atomic E-state index is 0.0383. The van der Waals surface area contributed by atoms with Gasteiger partial charge in [0.25, 0.3) is 0 Å². The summed E-state index contributed by atoms with van der Waals surface area (Å²) in [5, 5.41) is 4.17. The molecule has 5 nitrogen and oxygen atoms in total. The fraction of sp³-hybridized carbons (Fsp3) is 0.588. The Morgan fingerprint density at radius 3 is 2.70 bits per heavy atom. The average Bonchev–Trinajstić information content (AvgIpc) is 3.10. The zero-order chi connectivity index (χ0) is 17.0. The van der Waals surface area contributed by atoms with Crippen molar-refractivity contribution in [2.45, 2.75) is 59.4 Å². The van der Waals surface area contributed by atoms with E-state index in [1.54, 1.807) is 17.5 Å². The van der Waals surface area contributed by atoms with Crippen LogP contribution in [0.15, 0.2) is 12.4 Å². The molecule has 0 aromatic carbocycles. The number of thiazole rings is 1. The highest BCUT2D eigenvalue weighted by Gasteiger charge is 2.18. The first-order valence-corrected chi connectivity index (χ1v) is 8.95. The standard InChI is InChI=1S/C17H26N4OS/c1-11(2)16-18-9-10-21(16)13(4)17(22)19-8-6-7-15-20-12(3)14(5)23-15/h9-11,13H,6-8H2,1-5H3,(H,19,22)/t13-/m0/s1. The first kappa shape index (κ1) is 17.7. The topological polar surface area (TPSA) is 59.8 Å². The molecule has 0 bridgehead atoms. The van der Waals surface area contributed by atoms with Crippen LogP contribution in [0.4, 0.5) is 0 Å². The van der Waals surface area contributed by atoms with Crippen LogP contribution in [-0.4, -0.2) is 27.0 Å². The molecule has 0 saturated heterocycles. The Bertz CT molecular complexity index is 640. The van der Waals surface area contributed by atoms with Crippen LogP contribution >= 0.6 is 11.3 Å². The van der Waals surface area contributed by atoms with Crippen LogP contribution in [0.5, 0.6) is 0 Å². The van der Waals surface area contributed by atoms with Crippen molar-refractivity contribution in [3.05, 3.63) is 33.8 Å². The molecule has 0 aliphatic heterocycles. The highest BCUT2D eigenvalue weighted by atomic mass is 32.1. The Labute approximate surface area is 142 Å². The maximum atomic E-state index is 12.3. The molecule has 0 fully saturated rings. The highest BCUT2D eigenvalue weighted by Crippen LogP contribution is 2.18. The molecule has 2 aromatic heterocycles. The van der Waals surface area contributed by atoms with Crippen molar-refractivity contribution in [2.24, 2.45) is 0 Å². The summed E-state index contributed by atoms with van der Waals surface area (Å²) in [5.74, 6) is 1.29. The van der Waals surface area contributed by atoms with Gasteiger partial charge in [0.15, 0.2) is 0 Å². The number of rotatable bonds is 7. The molecule has 0 aliphatic rings. The van der Waals surface area contributed by atoms with Crippen LogP contribution in [0.25, 0.3) is 0 Å². The van der Waals surface area contributed by atoms with Gasteiger partial charge in [-0.25, -0.2) is 9.97 Å². The van der Waals surface area contributed by atoms with Crippen molar-refractivity contribution < 1.29 is 4.79 Å². The maximum Gasteiger partial charge on any atom is 0.242 e. The molecule has 1 atom stereocenters. The van der Waals surface area contributed by atoms with E-state index < -0.39 is 0 Å². The van der Waals surface area contributed by atoms with Crippen molar-refractivity contribution in [1.29, 1.82) is 0 Å². The molecule has 23 heavy (non-hydrogen) atoms. The highest BCUT2D eigenvalue weighted by molar-refractivity contribution is 7.11. The molecule has 0 saturated carbocycles. The first-order valence-electron chi connectivity index (χ1n) is 8.13. The van der Waals surface area contributed by atoms with E-state index in [2.05, 4.69) is 36.1 Å². The molecule has 126 valence electrons. The van der Waals surface area contributed by atoms with Gasteiger partial charge in [0.2, 0.25) is 5.91 Å². The predicted octanol–water partition coefficient (Wildman–Crippen LogP) is 3.39. The third-order valence-electron chi connectivity index (χ3n) is 3.95. The molecule has 0 unspecified atom stereocenters. The number of carbonyl (C=O) groups is 1. The number of aryl methyl sites for hydroxylation is 3. The van der Waals surface area contributed by atoms with Crippen molar-refractivity contribution in [3.63, 3.8) is 0 Å². The Morgan fingerprint density at radius 2 is 2.09 bits per heavy atom. The summed E-state index contributed by atoms with van der Waals surface area (Å²) in [6.07, 6.45) is 5.45. The third-order valence-corrected chi connectivity index (χ3v) is 5.08. The van der Waals surface area contributed by atoms with E-state index >= 15 is 0 Å². The van der Waals surface area contributed by atoms with Gasteiger partial charge in [0.05, 0.1) is 10.7 Å². The van der Waals surface area contributed by atoms with Gasteiger partial charge < -0.3 is 9.88 Å². The summed E-state index contributed by atoms with van der Waals surface area (Å²) in [6.45, 7) is 10.9. The summed E-state index contributed by atoms with van der Waals surface area (Å²) in [5.41, 5.74) is 1.11. The summed E-state index contributed by atoms with van der Waals surface area (Å²) in [4.78, 5) is 22.5. The second-order valence-corrected chi connectivity index (χ2v) is 7.45. The van der Waals surface area contributed by atoms with E-state index in [9.17, 15) is 4.79 Å². The lowest BCUT2D eigenvalue weighted by molar-refractivity contribution is -0.123. The van der Waals surface area contributed by atoms with Crippen LogP contribution in [0, 0.1) is 13.8 Å². The normalized spacial score (nSPS) is 12.6. The molecule has 2 aromatic rings. The number of amides is 1. The van der Waals surface area contributed by atoms with Crippen LogP contribution in [0.2, 0.25) is 0 Å². The lowest BCUT2D eigenvalue weighted by Gasteiger charge is -2.17. The predicted molar refractivity (Wildman–Crippen MR) is 93.9 cm³/mol. The van der Waals surface area contributed by atoms with Gasteiger partial charge >= 0.3 is 0 Å². The summed E-state index contributed by atoms with van der Waals surface area (Å²) in [6, 6.07) is -0.237. The first-order chi connectivity index (χ1) is 10.9. The molecule has 1 amide bonds. The quantitative estimate of drug-likeness (QED) is 0.790. The van der Waals surface area contributed by atoms with E-state index in [0.29, 0.717) is 12.5 Å². The van der Waals surface area contributed by atoms with Gasteiger partial charge in [-0.2, -0.15) is 0 Å². The lowest BCUT2D eigenvalue weighted by atomic mass is 10.2. The Kier molecular flexibility index (Phi) is 5.93. The molecule has 2 heterocycles. The summed E-state index contributed by atoms with van der Waals surface area (Å²) < 4.78 is 1.95. The van der Waals surface area contributed by atoms with Crippen LogP contribution in [-0.2, 0) is 11.2 Å². The number of hydrogen-bond donors (Lipinski definition) is 1. The van der Waals surface area contributed by atoms with Crippen molar-refractivity contribution in [2.75, 3.05) is 6.54 Å². The smallest absolute Gasteiger partial charge is 0.242 e. The Morgan fingerprint density at radius 1 is 1.35 bits per heavy atom. The van der Waals surface area contributed by atoms with Crippen molar-refractivity contribution in [3.8, 4) is 0 Å². The van der Waals surface area contributed by atoms with E-state index in [1.165, 1.54) is 4.88 Å². The maximum absolute atomic E-state index is 12.3. The van der Waals surface area contributed by atoms with Gasteiger partial charge in [0.1, 0.15) is 11.9 Å². The number of aromatic nitrogens is 3.